The third-order valence-corrected chi connectivity index (χ3v) is 23.0. The maximum atomic E-state index is 6.23. The molecule has 0 bridgehead atoms. The Labute approximate surface area is 609 Å². The fourth-order valence-electron chi connectivity index (χ4n) is 16.5. The lowest BCUT2D eigenvalue weighted by atomic mass is 9.82. The Kier molecular flexibility index (Phi) is 13.9. The van der Waals surface area contributed by atoms with E-state index in [2.05, 4.69) is 299 Å². The number of nitrogens with zero attached hydrogens (tertiary/aromatic N) is 6. The number of allylic oxidation sites excluding steroid dienone is 1. The van der Waals surface area contributed by atoms with Gasteiger partial charge in [0.1, 0.15) is 11.2 Å². The summed E-state index contributed by atoms with van der Waals surface area (Å²) in [5, 5.41) is 11.4. The third-order valence-electron chi connectivity index (χ3n) is 21.8. The van der Waals surface area contributed by atoms with Crippen molar-refractivity contribution in [2.75, 3.05) is 0 Å². The van der Waals surface area contributed by atoms with E-state index in [1.54, 1.807) is 0 Å². The monoisotopic (exact) mass is 1360 g/mol. The van der Waals surface area contributed by atoms with Gasteiger partial charge in [0.2, 0.25) is 0 Å². The second kappa shape index (κ2) is 24.0. The minimum Gasteiger partial charge on any atom is -0.456 e. The van der Waals surface area contributed by atoms with E-state index in [1.165, 1.54) is 86.6 Å². The molecule has 0 N–H and O–H groups in total. The van der Waals surface area contributed by atoms with Crippen LogP contribution in [0.15, 0.2) is 320 Å². The Morgan fingerprint density at radius 3 is 1.65 bits per heavy atom. The lowest BCUT2D eigenvalue weighted by Gasteiger charge is -2.21. The van der Waals surface area contributed by atoms with Crippen molar-refractivity contribution in [1.29, 1.82) is 0 Å². The first-order valence-electron chi connectivity index (χ1n) is 35.9. The zero-order chi connectivity index (χ0) is 69.4. The Morgan fingerprint density at radius 1 is 0.295 bits per heavy atom. The minimum atomic E-state index is -0.0837. The summed E-state index contributed by atoms with van der Waals surface area (Å²) >= 11 is 1.82. The summed E-state index contributed by atoms with van der Waals surface area (Å²) in [4.78, 5) is 31.8. The number of hydrogen-bond donors (Lipinski definition) is 0. The number of benzene rings is 15. The molecule has 0 radical (unpaired) electrons. The van der Waals surface area contributed by atoms with Crippen molar-refractivity contribution >= 4 is 91.3 Å². The highest BCUT2D eigenvalue weighted by atomic mass is 32.1. The summed E-state index contributed by atoms with van der Waals surface area (Å²) in [6, 6.07) is 111. The molecule has 4 heterocycles. The Morgan fingerprint density at radius 2 is 0.810 bits per heavy atom. The normalized spacial score (nSPS) is 13.1. The number of para-hydroxylation sites is 1. The molecule has 0 spiro atoms. The van der Waals surface area contributed by atoms with Crippen LogP contribution >= 0.6 is 11.3 Å². The van der Waals surface area contributed by atoms with Crippen molar-refractivity contribution in [3.63, 3.8) is 0 Å². The lowest BCUT2D eigenvalue weighted by molar-refractivity contribution is 0.660. The molecule has 21 rings (SSSR count). The van der Waals surface area contributed by atoms with Gasteiger partial charge in [-0.2, -0.15) is 0 Å². The highest BCUT2D eigenvalue weighted by Crippen LogP contribution is 2.53. The van der Waals surface area contributed by atoms with Crippen LogP contribution in [0.5, 0.6) is 0 Å². The maximum absolute atomic E-state index is 6.23. The molecule has 0 saturated heterocycles. The van der Waals surface area contributed by atoms with E-state index in [9.17, 15) is 0 Å². The molecule has 2 aliphatic carbocycles. The molecule has 492 valence electrons. The molecule has 0 fully saturated rings. The number of aryl methyl sites for hydroxylation is 1. The predicted molar refractivity (Wildman–Crippen MR) is 434 cm³/mol. The average molecular weight is 1360 g/mol. The maximum Gasteiger partial charge on any atom is 0.164 e. The van der Waals surface area contributed by atoms with Gasteiger partial charge in [0.25, 0.3) is 0 Å². The lowest BCUT2D eigenvalue weighted by Crippen LogP contribution is -2.14. The van der Waals surface area contributed by atoms with Gasteiger partial charge in [0, 0.05) is 69.7 Å². The second-order valence-corrected chi connectivity index (χ2v) is 29.4. The third kappa shape index (κ3) is 10.2. The molecule has 0 aliphatic heterocycles. The Bertz CT molecular complexity index is 6890. The molecular formula is C97H62N6OS. The van der Waals surface area contributed by atoms with Gasteiger partial charge in [-0.15, -0.1) is 11.3 Å². The van der Waals surface area contributed by atoms with Gasteiger partial charge >= 0.3 is 0 Å². The van der Waals surface area contributed by atoms with Gasteiger partial charge in [-0.3, -0.25) is 0 Å². The van der Waals surface area contributed by atoms with Gasteiger partial charge in [-0.1, -0.05) is 269 Å². The largest absolute Gasteiger partial charge is 0.456 e. The van der Waals surface area contributed by atoms with Crippen LogP contribution in [0, 0.1) is 0 Å². The van der Waals surface area contributed by atoms with Crippen LogP contribution in [0.25, 0.3) is 193 Å². The zero-order valence-electron chi connectivity index (χ0n) is 57.4. The number of aromatic nitrogens is 6. The van der Waals surface area contributed by atoms with Gasteiger partial charge in [0.05, 0.1) is 0 Å². The van der Waals surface area contributed by atoms with Gasteiger partial charge in [-0.05, 0) is 184 Å². The number of hydrogen-bond acceptors (Lipinski definition) is 8. The topological polar surface area (TPSA) is 90.5 Å². The summed E-state index contributed by atoms with van der Waals surface area (Å²) in [6.45, 7) is 4.68. The summed E-state index contributed by atoms with van der Waals surface area (Å²) < 4.78 is 8.65. The van der Waals surface area contributed by atoms with Crippen LogP contribution < -0.4 is 0 Å². The van der Waals surface area contributed by atoms with Crippen LogP contribution in [0.4, 0.5) is 0 Å². The van der Waals surface area contributed by atoms with Crippen LogP contribution in [0.2, 0.25) is 0 Å². The van der Waals surface area contributed by atoms with E-state index >= 15 is 0 Å². The van der Waals surface area contributed by atoms with Crippen molar-refractivity contribution < 1.29 is 4.42 Å². The van der Waals surface area contributed by atoms with Crippen molar-refractivity contribution in [3.05, 3.63) is 343 Å². The Hall–Kier alpha value is -13.1. The highest BCUT2D eigenvalue weighted by Gasteiger charge is 2.37. The molecule has 8 heteroatoms. The van der Waals surface area contributed by atoms with Crippen molar-refractivity contribution in [1.82, 2.24) is 29.9 Å². The molecule has 15 aromatic carbocycles. The first-order valence-corrected chi connectivity index (χ1v) is 36.7. The number of fused-ring (bicyclic) bond motifs is 14. The van der Waals surface area contributed by atoms with Gasteiger partial charge in [-0.25, -0.2) is 29.9 Å². The fourth-order valence-corrected chi connectivity index (χ4v) is 17.8. The van der Waals surface area contributed by atoms with Crippen LogP contribution in [0.3, 0.4) is 0 Å². The molecule has 0 amide bonds. The molecular weight excluding hydrogens is 1300 g/mol. The van der Waals surface area contributed by atoms with E-state index in [-0.39, 0.29) is 5.41 Å². The van der Waals surface area contributed by atoms with Crippen LogP contribution in [-0.4, -0.2) is 29.9 Å². The van der Waals surface area contributed by atoms with Crippen molar-refractivity contribution in [3.8, 4) is 113 Å². The predicted octanol–water partition coefficient (Wildman–Crippen LogP) is 25.5. The summed E-state index contributed by atoms with van der Waals surface area (Å²) in [5.74, 6) is 3.75. The zero-order valence-corrected chi connectivity index (χ0v) is 58.3. The highest BCUT2D eigenvalue weighted by molar-refractivity contribution is 7.26. The molecule has 0 atom stereocenters. The second-order valence-electron chi connectivity index (χ2n) is 28.4. The number of rotatable bonds is 10. The molecule has 0 saturated carbocycles. The first-order chi connectivity index (χ1) is 51.7. The van der Waals surface area contributed by atoms with Gasteiger partial charge < -0.3 is 4.42 Å². The van der Waals surface area contributed by atoms with Crippen molar-refractivity contribution in [2.24, 2.45) is 0 Å². The van der Waals surface area contributed by atoms with Crippen LogP contribution in [0.1, 0.15) is 48.1 Å². The Balaban J connectivity index is 0.616. The average Bonchev–Trinajstić information content (AvgIpc) is 1.57. The minimum absolute atomic E-state index is 0.0837. The summed E-state index contributed by atoms with van der Waals surface area (Å²) in [7, 11) is 0. The standard InChI is InChI=1S/C97H62N6OS/c1-97(2)84-30-11-9-26-82(84)89-76(28-16-31-85(89)97)66-38-43-75-64(52-66)23-15-29-81(75)96-102-91(59-19-7-4-8-20-59)98-95(103-96)71-41-46-79-80-47-39-67-49-62(37-45-77(67)90(80)105-88(79)56-71)61-35-33-57-34-36-69(54-72(57)51-61)93-99-92(68-24-13-21-60(50-68)63-42-48-87-83(55-63)78-25-10-12-32-86(78)104-87)100-94(101-93)70-40-44-74-65(53-70)22-14-27-73(74)58-17-5-3-6-18-58/h3-13,15-21,23-56H,14,22H2,1-2H3. The van der Waals surface area contributed by atoms with E-state index < -0.39 is 0 Å². The van der Waals surface area contributed by atoms with E-state index in [0.29, 0.717) is 34.9 Å². The van der Waals surface area contributed by atoms with E-state index in [1.807, 2.05) is 41.7 Å². The number of thiophene rings is 1. The summed E-state index contributed by atoms with van der Waals surface area (Å²) in [5.41, 5.74) is 24.5. The first kappa shape index (κ1) is 60.6. The molecule has 2 aliphatic rings. The smallest absolute Gasteiger partial charge is 0.164 e. The SMILES string of the molecule is CC1(C)c2ccccc2-c2c(-c3ccc4c(-c5nc(-c6ccccc6)nc(-c6ccc7c(c6)sc6c8ccc(-c9ccc%10ccc(-c%11nc(-c%12cccc(-c%13ccc%14oc%15ccccc%15c%14c%13)c%12)nc(-c%12ccc%13c(c%12)CCC=C%13c%12ccccc%12)n%11)cc%10c9)cc8ccc76)n5)cccc4c3)cccc21. The molecule has 7 nitrogen and oxygen atoms in total. The van der Waals surface area contributed by atoms with Gasteiger partial charge in [0.15, 0.2) is 34.9 Å². The molecule has 105 heavy (non-hydrogen) atoms. The van der Waals surface area contributed by atoms with E-state index in [0.717, 1.165) is 112 Å². The molecule has 19 aromatic rings. The van der Waals surface area contributed by atoms with E-state index in [4.69, 9.17) is 34.3 Å². The van der Waals surface area contributed by atoms with Crippen molar-refractivity contribution in [2.45, 2.75) is 32.1 Å². The molecule has 4 aromatic heterocycles. The summed E-state index contributed by atoms with van der Waals surface area (Å²) in [6.07, 6.45) is 4.27. The number of furan rings is 1. The molecule has 0 unspecified atom stereocenters. The fraction of sp³-hybridized carbons (Fsp3) is 0.0515. The quantitative estimate of drug-likeness (QED) is 0.135. The van der Waals surface area contributed by atoms with Crippen LogP contribution in [-0.2, 0) is 11.8 Å².